The second-order valence-electron chi connectivity index (χ2n) is 5.35. The molecular formula is C15H19N3O. The van der Waals surface area contributed by atoms with Crippen molar-refractivity contribution < 1.29 is 4.52 Å². The molecule has 0 radical (unpaired) electrons. The molecule has 0 bridgehead atoms. The molecule has 4 heteroatoms. The number of rotatable bonds is 3. The van der Waals surface area contributed by atoms with E-state index < -0.39 is 0 Å². The van der Waals surface area contributed by atoms with Gasteiger partial charge >= 0.3 is 0 Å². The molecular weight excluding hydrogens is 238 g/mol. The van der Waals surface area contributed by atoms with E-state index in [-0.39, 0.29) is 5.41 Å². The van der Waals surface area contributed by atoms with Crippen molar-refractivity contribution >= 4 is 5.82 Å². The highest BCUT2D eigenvalue weighted by molar-refractivity contribution is 5.76. The SMILES string of the molecule is CCC1(c2onc(N)c2-c2ccncc2)CCCC1. The summed E-state index contributed by atoms with van der Waals surface area (Å²) in [5.41, 5.74) is 8.15. The van der Waals surface area contributed by atoms with Gasteiger partial charge in [0.05, 0.1) is 5.56 Å². The first-order valence-corrected chi connectivity index (χ1v) is 6.93. The summed E-state index contributed by atoms with van der Waals surface area (Å²) >= 11 is 0. The molecule has 2 aromatic rings. The van der Waals surface area contributed by atoms with Crippen molar-refractivity contribution in [2.45, 2.75) is 44.4 Å². The number of nitrogen functional groups attached to an aromatic ring is 1. The molecule has 1 saturated carbocycles. The van der Waals surface area contributed by atoms with Crippen molar-refractivity contribution in [3.05, 3.63) is 30.3 Å². The number of nitrogens with zero attached hydrogens (tertiary/aromatic N) is 2. The minimum Gasteiger partial charge on any atom is -0.380 e. The molecule has 0 aromatic carbocycles. The molecule has 2 N–H and O–H groups in total. The summed E-state index contributed by atoms with van der Waals surface area (Å²) in [6, 6.07) is 3.93. The van der Waals surface area contributed by atoms with E-state index in [2.05, 4.69) is 17.1 Å². The van der Waals surface area contributed by atoms with Gasteiger partial charge in [-0.15, -0.1) is 0 Å². The number of hydrogen-bond acceptors (Lipinski definition) is 4. The Labute approximate surface area is 113 Å². The first-order chi connectivity index (χ1) is 9.27. The second-order valence-corrected chi connectivity index (χ2v) is 5.35. The number of pyridine rings is 1. The van der Waals surface area contributed by atoms with Crippen LogP contribution in [0.1, 0.15) is 44.8 Å². The van der Waals surface area contributed by atoms with Gasteiger partial charge in [-0.1, -0.05) is 24.9 Å². The van der Waals surface area contributed by atoms with Gasteiger partial charge in [-0.05, 0) is 37.0 Å². The Morgan fingerprint density at radius 2 is 1.95 bits per heavy atom. The van der Waals surface area contributed by atoms with Crippen LogP contribution in [0.15, 0.2) is 29.0 Å². The van der Waals surface area contributed by atoms with Crippen molar-refractivity contribution in [2.75, 3.05) is 5.73 Å². The fourth-order valence-corrected chi connectivity index (χ4v) is 3.25. The molecule has 2 aromatic heterocycles. The van der Waals surface area contributed by atoms with Crippen LogP contribution in [0.25, 0.3) is 11.1 Å². The summed E-state index contributed by atoms with van der Waals surface area (Å²) in [7, 11) is 0. The normalized spacial score (nSPS) is 17.7. The average Bonchev–Trinajstić information content (AvgIpc) is 3.07. The lowest BCUT2D eigenvalue weighted by molar-refractivity contribution is 0.284. The fourth-order valence-electron chi connectivity index (χ4n) is 3.25. The molecule has 4 nitrogen and oxygen atoms in total. The van der Waals surface area contributed by atoms with Crippen LogP contribution in [0.2, 0.25) is 0 Å². The molecule has 1 aliphatic rings. The Morgan fingerprint density at radius 3 is 2.58 bits per heavy atom. The summed E-state index contributed by atoms with van der Waals surface area (Å²) < 4.78 is 5.63. The number of anilines is 1. The predicted octanol–water partition coefficient (Wildman–Crippen LogP) is 3.54. The summed E-state index contributed by atoms with van der Waals surface area (Å²) in [5.74, 6) is 1.46. The van der Waals surface area contributed by atoms with Gasteiger partial charge in [0, 0.05) is 17.8 Å². The molecule has 100 valence electrons. The monoisotopic (exact) mass is 257 g/mol. The highest BCUT2D eigenvalue weighted by Gasteiger charge is 2.40. The summed E-state index contributed by atoms with van der Waals surface area (Å²) in [6.07, 6.45) is 9.46. The highest BCUT2D eigenvalue weighted by Crippen LogP contribution is 2.48. The third-order valence-electron chi connectivity index (χ3n) is 4.41. The Morgan fingerprint density at radius 1 is 1.26 bits per heavy atom. The van der Waals surface area contributed by atoms with Crippen LogP contribution in [0.4, 0.5) is 5.82 Å². The van der Waals surface area contributed by atoms with E-state index in [4.69, 9.17) is 10.3 Å². The van der Waals surface area contributed by atoms with E-state index in [1.165, 1.54) is 12.8 Å². The molecule has 0 unspecified atom stereocenters. The Kier molecular flexibility index (Phi) is 3.01. The third-order valence-corrected chi connectivity index (χ3v) is 4.41. The maximum atomic E-state index is 6.03. The van der Waals surface area contributed by atoms with Gasteiger partial charge in [0.25, 0.3) is 0 Å². The molecule has 19 heavy (non-hydrogen) atoms. The van der Waals surface area contributed by atoms with Crippen molar-refractivity contribution in [3.63, 3.8) is 0 Å². The Balaban J connectivity index is 2.13. The zero-order chi connectivity index (χ0) is 13.3. The summed E-state index contributed by atoms with van der Waals surface area (Å²) in [6.45, 7) is 2.22. The van der Waals surface area contributed by atoms with Gasteiger partial charge in [-0.3, -0.25) is 4.98 Å². The molecule has 0 saturated heterocycles. The Hall–Kier alpha value is -1.84. The van der Waals surface area contributed by atoms with E-state index >= 15 is 0 Å². The van der Waals surface area contributed by atoms with Crippen molar-refractivity contribution in [1.82, 2.24) is 10.1 Å². The molecule has 0 atom stereocenters. The number of nitrogens with two attached hydrogens (primary N) is 1. The first-order valence-electron chi connectivity index (χ1n) is 6.93. The van der Waals surface area contributed by atoms with Crippen LogP contribution in [0.5, 0.6) is 0 Å². The number of aromatic nitrogens is 2. The average molecular weight is 257 g/mol. The lowest BCUT2D eigenvalue weighted by Gasteiger charge is -2.25. The van der Waals surface area contributed by atoms with E-state index in [0.29, 0.717) is 5.82 Å². The number of hydrogen-bond donors (Lipinski definition) is 1. The zero-order valence-corrected chi connectivity index (χ0v) is 11.2. The largest absolute Gasteiger partial charge is 0.380 e. The molecule has 2 heterocycles. The van der Waals surface area contributed by atoms with Gasteiger partial charge in [-0.25, -0.2) is 0 Å². The van der Waals surface area contributed by atoms with Crippen LogP contribution in [0.3, 0.4) is 0 Å². The van der Waals surface area contributed by atoms with Crippen LogP contribution in [-0.4, -0.2) is 10.1 Å². The standard InChI is InChI=1S/C15H19N3O/c1-2-15(7-3-4-8-15)13-12(14(16)18-19-13)11-5-9-17-10-6-11/h5-6,9-10H,2-4,7-8H2,1H3,(H2,16,18). The van der Waals surface area contributed by atoms with Crippen molar-refractivity contribution in [2.24, 2.45) is 0 Å². The van der Waals surface area contributed by atoms with E-state index in [9.17, 15) is 0 Å². The topological polar surface area (TPSA) is 64.9 Å². The van der Waals surface area contributed by atoms with Gasteiger partial charge in [0.2, 0.25) is 0 Å². The van der Waals surface area contributed by atoms with Crippen LogP contribution in [-0.2, 0) is 5.41 Å². The smallest absolute Gasteiger partial charge is 0.175 e. The van der Waals surface area contributed by atoms with Crippen LogP contribution < -0.4 is 5.73 Å². The molecule has 0 amide bonds. The molecule has 3 rings (SSSR count). The van der Waals surface area contributed by atoms with Gasteiger partial charge in [0.1, 0.15) is 0 Å². The molecule has 1 fully saturated rings. The lowest BCUT2D eigenvalue weighted by Crippen LogP contribution is -2.21. The maximum absolute atomic E-state index is 6.03. The van der Waals surface area contributed by atoms with Gasteiger partial charge in [-0.2, -0.15) is 0 Å². The predicted molar refractivity (Wildman–Crippen MR) is 74.6 cm³/mol. The van der Waals surface area contributed by atoms with Crippen LogP contribution >= 0.6 is 0 Å². The van der Waals surface area contributed by atoms with E-state index in [0.717, 1.165) is 36.1 Å². The summed E-state index contributed by atoms with van der Waals surface area (Å²) in [4.78, 5) is 4.06. The Bertz CT molecular complexity index is 556. The second kappa shape index (κ2) is 4.68. The van der Waals surface area contributed by atoms with Gasteiger partial charge < -0.3 is 10.3 Å². The minimum atomic E-state index is 0.114. The van der Waals surface area contributed by atoms with Crippen LogP contribution in [0, 0.1) is 0 Å². The fraction of sp³-hybridized carbons (Fsp3) is 0.467. The van der Waals surface area contributed by atoms with Gasteiger partial charge in [0.15, 0.2) is 11.6 Å². The summed E-state index contributed by atoms with van der Waals surface area (Å²) in [5, 5.41) is 4.01. The van der Waals surface area contributed by atoms with Crippen molar-refractivity contribution in [1.29, 1.82) is 0 Å². The zero-order valence-electron chi connectivity index (χ0n) is 11.2. The lowest BCUT2D eigenvalue weighted by atomic mass is 9.78. The third kappa shape index (κ3) is 1.91. The molecule has 0 spiro atoms. The quantitative estimate of drug-likeness (QED) is 0.913. The van der Waals surface area contributed by atoms with E-state index in [1.807, 2.05) is 12.1 Å². The highest BCUT2D eigenvalue weighted by atomic mass is 16.5. The van der Waals surface area contributed by atoms with E-state index in [1.54, 1.807) is 12.4 Å². The minimum absolute atomic E-state index is 0.114. The maximum Gasteiger partial charge on any atom is 0.175 e. The van der Waals surface area contributed by atoms with Crippen molar-refractivity contribution in [3.8, 4) is 11.1 Å². The molecule has 0 aliphatic heterocycles. The first kappa shape index (κ1) is 12.2. The molecule has 1 aliphatic carbocycles.